The molecule has 0 spiro atoms. The van der Waals surface area contributed by atoms with Crippen molar-refractivity contribution in [1.82, 2.24) is 0 Å². The van der Waals surface area contributed by atoms with Gasteiger partial charge in [0.2, 0.25) is 0 Å². The van der Waals surface area contributed by atoms with E-state index in [4.69, 9.17) is 5.26 Å². The molecule has 0 aromatic heterocycles. The lowest BCUT2D eigenvalue weighted by Crippen LogP contribution is -2.09. The van der Waals surface area contributed by atoms with Crippen LogP contribution < -0.4 is 0 Å². The zero-order valence-electron chi connectivity index (χ0n) is 4.84. The molecular weight excluding hydrogens is 106 g/mol. The highest BCUT2D eigenvalue weighted by Crippen LogP contribution is 1.92. The van der Waals surface area contributed by atoms with Crippen molar-refractivity contribution in [2.45, 2.75) is 6.92 Å². The second-order valence-corrected chi connectivity index (χ2v) is 1.37. The van der Waals surface area contributed by atoms with Gasteiger partial charge in [-0.05, 0) is 6.92 Å². The highest BCUT2D eigenvalue weighted by Gasteiger charge is 2.09. The smallest absolute Gasteiger partial charge is 0.322 e. The Morgan fingerprint density at radius 3 is 2.50 bits per heavy atom. The van der Waals surface area contributed by atoms with E-state index in [0.29, 0.717) is 0 Å². The number of hydrogen-bond acceptors (Lipinski definition) is 3. The summed E-state index contributed by atoms with van der Waals surface area (Å²) in [6.45, 7) is 1.49. The molecule has 1 atom stereocenters. The Bertz CT molecular complexity index is 125. The fraction of sp³-hybridized carbons (Fsp3) is 0.600. The molecule has 3 heteroatoms. The fourth-order valence-electron chi connectivity index (χ4n) is 0.229. The van der Waals surface area contributed by atoms with Gasteiger partial charge in [0, 0.05) is 0 Å². The van der Waals surface area contributed by atoms with Crippen LogP contribution in [0.15, 0.2) is 0 Å². The zero-order valence-corrected chi connectivity index (χ0v) is 4.84. The van der Waals surface area contributed by atoms with Crippen LogP contribution in [0, 0.1) is 17.2 Å². The Morgan fingerprint density at radius 1 is 1.88 bits per heavy atom. The highest BCUT2D eigenvalue weighted by atomic mass is 16.5. The summed E-state index contributed by atoms with van der Waals surface area (Å²) in [5, 5.41) is 8.09. The molecule has 0 saturated carbocycles. The van der Waals surface area contributed by atoms with Crippen LogP contribution in [0.25, 0.3) is 0 Å². The number of carbonyl (C=O) groups excluding carboxylic acids is 1. The minimum Gasteiger partial charge on any atom is -0.468 e. The summed E-state index contributed by atoms with van der Waals surface area (Å²) in [7, 11) is 1.26. The van der Waals surface area contributed by atoms with Crippen molar-refractivity contribution in [1.29, 1.82) is 5.26 Å². The van der Waals surface area contributed by atoms with Gasteiger partial charge in [0.15, 0.2) is 0 Å². The molecule has 8 heavy (non-hydrogen) atoms. The third-order valence-electron chi connectivity index (χ3n) is 0.748. The first kappa shape index (κ1) is 6.96. The van der Waals surface area contributed by atoms with Gasteiger partial charge in [0.05, 0.1) is 13.2 Å². The lowest BCUT2D eigenvalue weighted by atomic mass is 10.2. The summed E-state index contributed by atoms with van der Waals surface area (Å²) in [5.74, 6) is -1.12. The zero-order chi connectivity index (χ0) is 6.57. The lowest BCUT2D eigenvalue weighted by molar-refractivity contribution is -0.142. The summed E-state index contributed by atoms with van der Waals surface area (Å²) in [6, 6.07) is 1.74. The summed E-state index contributed by atoms with van der Waals surface area (Å²) in [4.78, 5) is 10.3. The predicted octanol–water partition coefficient (Wildman–Crippen LogP) is 0.319. The van der Waals surface area contributed by atoms with Gasteiger partial charge in [-0.15, -0.1) is 0 Å². The van der Waals surface area contributed by atoms with Crippen molar-refractivity contribution in [2.24, 2.45) is 5.92 Å². The first-order valence-electron chi connectivity index (χ1n) is 2.19. The van der Waals surface area contributed by atoms with Crippen molar-refractivity contribution in [3.05, 3.63) is 0 Å². The van der Waals surface area contributed by atoms with Crippen LogP contribution in [0.4, 0.5) is 0 Å². The first-order valence-corrected chi connectivity index (χ1v) is 2.19. The number of nitrogens with zero attached hydrogens (tertiary/aromatic N) is 1. The Balaban J connectivity index is 3.68. The molecule has 0 N–H and O–H groups in total. The number of hydrogen-bond donors (Lipinski definition) is 0. The van der Waals surface area contributed by atoms with Crippen molar-refractivity contribution in [3.8, 4) is 6.07 Å². The van der Waals surface area contributed by atoms with E-state index < -0.39 is 11.9 Å². The van der Waals surface area contributed by atoms with Crippen LogP contribution in [0.5, 0.6) is 0 Å². The number of rotatable bonds is 1. The van der Waals surface area contributed by atoms with E-state index in [-0.39, 0.29) is 0 Å². The van der Waals surface area contributed by atoms with Crippen molar-refractivity contribution < 1.29 is 9.53 Å². The average molecular weight is 113 g/mol. The number of esters is 1. The second kappa shape index (κ2) is 3.03. The van der Waals surface area contributed by atoms with Crippen LogP contribution in [0.3, 0.4) is 0 Å². The molecule has 0 aliphatic carbocycles. The summed E-state index contributed by atoms with van der Waals surface area (Å²) < 4.78 is 4.24. The molecule has 0 heterocycles. The van der Waals surface area contributed by atoms with E-state index in [1.54, 1.807) is 6.07 Å². The lowest BCUT2D eigenvalue weighted by Gasteiger charge is -1.95. The minimum absolute atomic E-state index is 0.479. The third-order valence-corrected chi connectivity index (χ3v) is 0.748. The Kier molecular flexibility index (Phi) is 2.63. The Labute approximate surface area is 47.9 Å². The SMILES string of the molecule is COC(=O)C(C)C#N. The van der Waals surface area contributed by atoms with Crippen LogP contribution in [-0.2, 0) is 9.53 Å². The maximum absolute atomic E-state index is 10.3. The van der Waals surface area contributed by atoms with Gasteiger partial charge in [-0.1, -0.05) is 0 Å². The van der Waals surface area contributed by atoms with E-state index in [2.05, 4.69) is 4.74 Å². The number of ether oxygens (including phenoxy) is 1. The first-order chi connectivity index (χ1) is 3.72. The van der Waals surface area contributed by atoms with Gasteiger partial charge in [-0.25, -0.2) is 0 Å². The van der Waals surface area contributed by atoms with Gasteiger partial charge in [-0.3, -0.25) is 4.79 Å². The van der Waals surface area contributed by atoms with Crippen LogP contribution in [-0.4, -0.2) is 13.1 Å². The normalized spacial score (nSPS) is 11.6. The number of nitriles is 1. The molecule has 0 rings (SSSR count). The van der Waals surface area contributed by atoms with E-state index in [9.17, 15) is 4.79 Å². The van der Waals surface area contributed by atoms with Gasteiger partial charge in [0.1, 0.15) is 5.92 Å². The highest BCUT2D eigenvalue weighted by molar-refractivity contribution is 5.74. The molecule has 1 unspecified atom stereocenters. The molecule has 0 bridgehead atoms. The molecule has 0 aromatic rings. The van der Waals surface area contributed by atoms with Crippen LogP contribution >= 0.6 is 0 Å². The summed E-state index contributed by atoms with van der Waals surface area (Å²) in [6.07, 6.45) is 0. The molecule has 0 radical (unpaired) electrons. The van der Waals surface area contributed by atoms with Crippen LogP contribution in [0.1, 0.15) is 6.92 Å². The monoisotopic (exact) mass is 113 g/mol. The quantitative estimate of drug-likeness (QED) is 0.460. The van der Waals surface area contributed by atoms with E-state index >= 15 is 0 Å². The summed E-state index contributed by atoms with van der Waals surface area (Å²) >= 11 is 0. The van der Waals surface area contributed by atoms with Crippen LogP contribution in [0.2, 0.25) is 0 Å². The minimum atomic E-state index is -0.639. The third kappa shape index (κ3) is 1.61. The Morgan fingerprint density at radius 2 is 2.38 bits per heavy atom. The van der Waals surface area contributed by atoms with Gasteiger partial charge < -0.3 is 4.74 Å². The van der Waals surface area contributed by atoms with Gasteiger partial charge >= 0.3 is 5.97 Å². The topological polar surface area (TPSA) is 50.1 Å². The Hall–Kier alpha value is -1.04. The maximum atomic E-state index is 10.3. The standard InChI is InChI=1S/C5H7NO2/c1-4(3-6)5(7)8-2/h4H,1-2H3. The molecule has 0 amide bonds. The van der Waals surface area contributed by atoms with E-state index in [1.165, 1.54) is 14.0 Å². The number of methoxy groups -OCH3 is 1. The molecule has 3 nitrogen and oxygen atoms in total. The molecular formula is C5H7NO2. The largest absolute Gasteiger partial charge is 0.468 e. The van der Waals surface area contributed by atoms with E-state index in [1.807, 2.05) is 0 Å². The predicted molar refractivity (Wildman–Crippen MR) is 26.8 cm³/mol. The number of carbonyl (C=O) groups is 1. The molecule has 0 fully saturated rings. The molecule has 0 saturated heterocycles. The fourth-order valence-corrected chi connectivity index (χ4v) is 0.229. The maximum Gasteiger partial charge on any atom is 0.322 e. The molecule has 0 aliphatic heterocycles. The van der Waals surface area contributed by atoms with Crippen molar-refractivity contribution in [3.63, 3.8) is 0 Å². The molecule has 0 aliphatic rings. The van der Waals surface area contributed by atoms with E-state index in [0.717, 1.165) is 0 Å². The van der Waals surface area contributed by atoms with Crippen molar-refractivity contribution in [2.75, 3.05) is 7.11 Å². The molecule has 0 aromatic carbocycles. The molecule has 44 valence electrons. The van der Waals surface area contributed by atoms with Crippen molar-refractivity contribution >= 4 is 5.97 Å². The summed E-state index contributed by atoms with van der Waals surface area (Å²) in [5.41, 5.74) is 0. The average Bonchev–Trinajstić information content (AvgIpc) is 1.84. The van der Waals surface area contributed by atoms with Gasteiger partial charge in [0.25, 0.3) is 0 Å². The second-order valence-electron chi connectivity index (χ2n) is 1.37. The van der Waals surface area contributed by atoms with Gasteiger partial charge in [-0.2, -0.15) is 5.26 Å².